The minimum absolute atomic E-state index is 0.193. The zero-order valence-corrected chi connectivity index (χ0v) is 8.50. The Labute approximate surface area is 82.8 Å². The summed E-state index contributed by atoms with van der Waals surface area (Å²) in [5.74, 6) is 0. The lowest BCUT2D eigenvalue weighted by Crippen LogP contribution is -1.91. The predicted octanol–water partition coefficient (Wildman–Crippen LogP) is 2.88. The molecule has 5 heteroatoms. The van der Waals surface area contributed by atoms with Crippen molar-refractivity contribution in [2.75, 3.05) is 0 Å². The van der Waals surface area contributed by atoms with Gasteiger partial charge in [0.25, 0.3) is 0 Å². The lowest BCUT2D eigenvalue weighted by atomic mass is 10.2. The Morgan fingerprint density at radius 1 is 1.33 bits per heavy atom. The second-order valence-corrected chi connectivity index (χ2v) is 4.03. The summed E-state index contributed by atoms with van der Waals surface area (Å²) in [5.41, 5.74) is 0.735. The van der Waals surface area contributed by atoms with Gasteiger partial charge in [-0.1, -0.05) is 23.2 Å². The highest BCUT2D eigenvalue weighted by Gasteiger charge is 2.08. The molecule has 0 saturated heterocycles. The second-order valence-electron chi connectivity index (χ2n) is 2.28. The van der Waals surface area contributed by atoms with Crippen LogP contribution in [0.15, 0.2) is 17.0 Å². The Morgan fingerprint density at radius 3 is 2.42 bits per heavy atom. The lowest BCUT2D eigenvalue weighted by molar-refractivity contribution is 0.564. The van der Waals surface area contributed by atoms with Crippen molar-refractivity contribution in [3.05, 3.63) is 27.7 Å². The molecule has 2 nitrogen and oxygen atoms in total. The highest BCUT2D eigenvalue weighted by molar-refractivity contribution is 7.79. The largest absolute Gasteiger partial charge is 0.302 e. The van der Waals surface area contributed by atoms with Crippen LogP contribution in [0.4, 0.5) is 0 Å². The number of aryl methyl sites for hydroxylation is 1. The van der Waals surface area contributed by atoms with Gasteiger partial charge >= 0.3 is 0 Å². The van der Waals surface area contributed by atoms with Crippen LogP contribution in [-0.4, -0.2) is 8.76 Å². The molecule has 0 aromatic heterocycles. The van der Waals surface area contributed by atoms with Crippen molar-refractivity contribution >= 4 is 34.3 Å². The quantitative estimate of drug-likeness (QED) is 0.746. The summed E-state index contributed by atoms with van der Waals surface area (Å²) in [5, 5.41) is 0.709. The van der Waals surface area contributed by atoms with E-state index in [1.807, 2.05) is 0 Å². The van der Waals surface area contributed by atoms with Gasteiger partial charge in [0.15, 0.2) is 11.1 Å². The fourth-order valence-electron chi connectivity index (χ4n) is 0.765. The van der Waals surface area contributed by atoms with E-state index in [0.29, 0.717) is 5.02 Å². The van der Waals surface area contributed by atoms with Crippen LogP contribution in [0.5, 0.6) is 0 Å². The molecule has 66 valence electrons. The molecule has 1 atom stereocenters. The molecule has 0 amide bonds. The summed E-state index contributed by atoms with van der Waals surface area (Å²) in [6.45, 7) is 1.75. The number of benzene rings is 1. The molecule has 0 aliphatic heterocycles. The summed E-state index contributed by atoms with van der Waals surface area (Å²) >= 11 is 9.33. The predicted molar refractivity (Wildman–Crippen MR) is 50.2 cm³/mol. The van der Waals surface area contributed by atoms with Gasteiger partial charge in [0.1, 0.15) is 0 Å². The molecule has 1 unspecified atom stereocenters. The number of rotatable bonds is 1. The van der Waals surface area contributed by atoms with Gasteiger partial charge in [-0.05, 0) is 24.6 Å². The zero-order valence-electron chi connectivity index (χ0n) is 6.17. The third-order valence-corrected chi connectivity index (χ3v) is 2.95. The Morgan fingerprint density at radius 2 is 1.92 bits per heavy atom. The molecule has 1 N–H and O–H groups in total. The van der Waals surface area contributed by atoms with Crippen LogP contribution in [0.3, 0.4) is 0 Å². The van der Waals surface area contributed by atoms with E-state index in [1.54, 1.807) is 6.92 Å². The van der Waals surface area contributed by atoms with Crippen LogP contribution in [0.25, 0.3) is 0 Å². The fraction of sp³-hybridized carbons (Fsp3) is 0.143. The van der Waals surface area contributed by atoms with Crippen LogP contribution in [0.1, 0.15) is 5.56 Å². The minimum atomic E-state index is -2.05. The van der Waals surface area contributed by atoms with E-state index in [-0.39, 0.29) is 9.92 Å². The fourth-order valence-corrected chi connectivity index (χ4v) is 1.85. The summed E-state index contributed by atoms with van der Waals surface area (Å²) in [6.07, 6.45) is 0. The van der Waals surface area contributed by atoms with Gasteiger partial charge in [-0.2, -0.15) is 0 Å². The monoisotopic (exact) mass is 224 g/mol. The standard InChI is InChI=1S/C7H6Cl2O2S/c1-4-2-7(12(10)11)6(9)3-5(4)8/h2-3H,1H3,(H,10,11). The molecule has 0 aliphatic carbocycles. The highest BCUT2D eigenvalue weighted by atomic mass is 35.5. The van der Waals surface area contributed by atoms with E-state index in [4.69, 9.17) is 27.8 Å². The van der Waals surface area contributed by atoms with Crippen LogP contribution >= 0.6 is 23.2 Å². The average Bonchev–Trinajstić information content (AvgIpc) is 1.96. The molecule has 0 spiro atoms. The average molecular weight is 225 g/mol. The van der Waals surface area contributed by atoms with Gasteiger partial charge < -0.3 is 4.55 Å². The third-order valence-electron chi connectivity index (χ3n) is 1.40. The first-order valence-corrected chi connectivity index (χ1v) is 4.95. The van der Waals surface area contributed by atoms with Crippen LogP contribution < -0.4 is 0 Å². The summed E-state index contributed by atoms with van der Waals surface area (Å²) in [7, 11) is 0. The van der Waals surface area contributed by atoms with E-state index >= 15 is 0 Å². The highest BCUT2D eigenvalue weighted by Crippen LogP contribution is 2.26. The van der Waals surface area contributed by atoms with Gasteiger partial charge in [-0.25, -0.2) is 4.21 Å². The molecule has 0 radical (unpaired) electrons. The maximum absolute atomic E-state index is 10.7. The van der Waals surface area contributed by atoms with Gasteiger partial charge in [-0.15, -0.1) is 0 Å². The molecular formula is C7H6Cl2O2S. The van der Waals surface area contributed by atoms with E-state index in [9.17, 15) is 4.21 Å². The summed E-state index contributed by atoms with van der Waals surface area (Å²) in [6, 6.07) is 2.96. The maximum Gasteiger partial charge on any atom is 0.188 e. The Balaban J connectivity index is 3.33. The summed E-state index contributed by atoms with van der Waals surface area (Å²) in [4.78, 5) is 0.193. The second kappa shape index (κ2) is 3.75. The van der Waals surface area contributed by atoms with E-state index in [2.05, 4.69) is 0 Å². The molecule has 0 heterocycles. The summed E-state index contributed by atoms with van der Waals surface area (Å²) < 4.78 is 19.4. The van der Waals surface area contributed by atoms with Crippen LogP contribution in [0, 0.1) is 6.92 Å². The molecule has 0 aliphatic rings. The van der Waals surface area contributed by atoms with E-state index < -0.39 is 11.1 Å². The third kappa shape index (κ3) is 1.98. The lowest BCUT2D eigenvalue weighted by Gasteiger charge is -2.02. The topological polar surface area (TPSA) is 37.3 Å². The molecule has 1 aromatic rings. The van der Waals surface area contributed by atoms with Gasteiger partial charge in [0, 0.05) is 5.02 Å². The van der Waals surface area contributed by atoms with Crippen LogP contribution in [-0.2, 0) is 11.1 Å². The Kier molecular flexibility index (Phi) is 3.12. The zero-order chi connectivity index (χ0) is 9.30. The normalized spacial score (nSPS) is 13.0. The molecule has 12 heavy (non-hydrogen) atoms. The number of hydrogen-bond acceptors (Lipinski definition) is 1. The maximum atomic E-state index is 10.7. The van der Waals surface area contributed by atoms with Crippen molar-refractivity contribution < 1.29 is 8.76 Å². The number of halogens is 2. The van der Waals surface area contributed by atoms with Crippen molar-refractivity contribution in [3.8, 4) is 0 Å². The molecule has 0 saturated carbocycles. The van der Waals surface area contributed by atoms with Gasteiger partial charge in [0.2, 0.25) is 0 Å². The van der Waals surface area contributed by atoms with Crippen LogP contribution in [0.2, 0.25) is 10.0 Å². The molecular weight excluding hydrogens is 219 g/mol. The first kappa shape index (κ1) is 9.99. The van der Waals surface area contributed by atoms with Crippen molar-refractivity contribution in [1.29, 1.82) is 0 Å². The SMILES string of the molecule is Cc1cc(S(=O)O)c(Cl)cc1Cl. The van der Waals surface area contributed by atoms with Crippen molar-refractivity contribution in [1.82, 2.24) is 0 Å². The van der Waals surface area contributed by atoms with Crippen molar-refractivity contribution in [2.24, 2.45) is 0 Å². The first-order valence-electron chi connectivity index (χ1n) is 3.09. The smallest absolute Gasteiger partial charge is 0.188 e. The number of hydrogen-bond donors (Lipinski definition) is 1. The molecule has 1 rings (SSSR count). The minimum Gasteiger partial charge on any atom is -0.302 e. The molecule has 0 fully saturated rings. The Bertz CT molecular complexity index is 338. The van der Waals surface area contributed by atoms with E-state index in [0.717, 1.165) is 5.56 Å². The van der Waals surface area contributed by atoms with Gasteiger partial charge in [0.05, 0.1) is 9.92 Å². The van der Waals surface area contributed by atoms with E-state index in [1.165, 1.54) is 12.1 Å². The van der Waals surface area contributed by atoms with Crippen molar-refractivity contribution in [3.63, 3.8) is 0 Å². The first-order chi connectivity index (χ1) is 5.52. The molecule has 0 bridgehead atoms. The van der Waals surface area contributed by atoms with Gasteiger partial charge in [-0.3, -0.25) is 0 Å². The molecule has 1 aromatic carbocycles. The van der Waals surface area contributed by atoms with Crippen molar-refractivity contribution in [2.45, 2.75) is 11.8 Å². The Hall–Kier alpha value is -0.0900.